The largest absolute Gasteiger partial charge is 0.508 e. The molecule has 0 aromatic heterocycles. The van der Waals surface area contributed by atoms with Crippen LogP contribution < -0.4 is 5.32 Å². The van der Waals surface area contributed by atoms with Gasteiger partial charge < -0.3 is 10.4 Å². The molecule has 0 radical (unpaired) electrons. The average molecular weight is 135 g/mol. The van der Waals surface area contributed by atoms with Gasteiger partial charge in [-0.05, 0) is 17.7 Å². The third-order valence-corrected chi connectivity index (χ3v) is 1.70. The van der Waals surface area contributed by atoms with E-state index in [-0.39, 0.29) is 0 Å². The number of phenolic OH excluding ortho intramolecular Hbond substituents is 1. The van der Waals surface area contributed by atoms with Gasteiger partial charge in [0.15, 0.2) is 0 Å². The molecular formula is C8H9NO. The van der Waals surface area contributed by atoms with Gasteiger partial charge in [-0.1, -0.05) is 12.1 Å². The fraction of sp³-hybridized carbons (Fsp3) is 0.250. The van der Waals surface area contributed by atoms with Gasteiger partial charge in [0.1, 0.15) is 5.75 Å². The van der Waals surface area contributed by atoms with Crippen molar-refractivity contribution in [3.63, 3.8) is 0 Å². The van der Waals surface area contributed by atoms with Crippen molar-refractivity contribution in [3.8, 4) is 5.75 Å². The summed E-state index contributed by atoms with van der Waals surface area (Å²) in [6, 6.07) is 7.87. The van der Waals surface area contributed by atoms with Crippen molar-refractivity contribution in [3.05, 3.63) is 29.8 Å². The minimum absolute atomic E-state index is 0.337. The summed E-state index contributed by atoms with van der Waals surface area (Å²) in [6.45, 7) is 1.07. The molecule has 1 aliphatic heterocycles. The Kier molecular flexibility index (Phi) is 1.14. The van der Waals surface area contributed by atoms with E-state index in [0.29, 0.717) is 11.8 Å². The molecule has 0 aliphatic carbocycles. The molecule has 52 valence electrons. The second kappa shape index (κ2) is 1.99. The van der Waals surface area contributed by atoms with Crippen molar-refractivity contribution in [1.82, 2.24) is 5.32 Å². The maximum atomic E-state index is 8.94. The first-order chi connectivity index (χ1) is 4.86. The van der Waals surface area contributed by atoms with Crippen molar-refractivity contribution >= 4 is 0 Å². The lowest BCUT2D eigenvalue weighted by molar-refractivity contribution is 0.475. The monoisotopic (exact) mass is 135 g/mol. The average Bonchev–Trinajstić information content (AvgIpc) is 2.71. The molecular weight excluding hydrogens is 126 g/mol. The molecule has 1 heterocycles. The Balaban J connectivity index is 2.28. The van der Waals surface area contributed by atoms with E-state index in [1.807, 2.05) is 12.1 Å². The Morgan fingerprint density at radius 1 is 1.30 bits per heavy atom. The lowest BCUT2D eigenvalue weighted by atomic mass is 10.1. The molecule has 1 atom stereocenters. The molecule has 2 nitrogen and oxygen atoms in total. The third kappa shape index (κ3) is 0.977. The van der Waals surface area contributed by atoms with Crippen LogP contribution in [0.25, 0.3) is 0 Å². The van der Waals surface area contributed by atoms with Crippen LogP contribution in [0.2, 0.25) is 0 Å². The van der Waals surface area contributed by atoms with Gasteiger partial charge in [-0.3, -0.25) is 0 Å². The van der Waals surface area contributed by atoms with E-state index in [4.69, 9.17) is 5.11 Å². The van der Waals surface area contributed by atoms with E-state index in [1.54, 1.807) is 12.1 Å². The van der Waals surface area contributed by atoms with Gasteiger partial charge in [-0.2, -0.15) is 0 Å². The first kappa shape index (κ1) is 5.74. The Morgan fingerprint density at radius 2 is 1.90 bits per heavy atom. The molecule has 10 heavy (non-hydrogen) atoms. The summed E-state index contributed by atoms with van der Waals surface area (Å²) < 4.78 is 0. The number of nitrogens with one attached hydrogen (secondary N) is 1. The molecule has 2 rings (SSSR count). The Bertz CT molecular complexity index is 226. The maximum Gasteiger partial charge on any atom is 0.115 e. The summed E-state index contributed by atoms with van der Waals surface area (Å²) in [7, 11) is 0. The molecule has 0 amide bonds. The molecule has 1 fully saturated rings. The third-order valence-electron chi connectivity index (χ3n) is 1.70. The first-order valence-corrected chi connectivity index (χ1v) is 3.38. The van der Waals surface area contributed by atoms with Crippen LogP contribution in [0, 0.1) is 0 Å². The van der Waals surface area contributed by atoms with E-state index >= 15 is 0 Å². The first-order valence-electron chi connectivity index (χ1n) is 3.38. The zero-order valence-electron chi connectivity index (χ0n) is 5.54. The van der Waals surface area contributed by atoms with Crippen LogP contribution in [0.3, 0.4) is 0 Å². The van der Waals surface area contributed by atoms with Gasteiger partial charge in [0.25, 0.3) is 0 Å². The zero-order valence-corrected chi connectivity index (χ0v) is 5.54. The molecule has 1 aliphatic rings. The highest BCUT2D eigenvalue weighted by Gasteiger charge is 2.21. The van der Waals surface area contributed by atoms with Crippen LogP contribution in [0.1, 0.15) is 11.6 Å². The minimum Gasteiger partial charge on any atom is -0.508 e. The fourth-order valence-corrected chi connectivity index (χ4v) is 1.00. The van der Waals surface area contributed by atoms with E-state index in [9.17, 15) is 0 Å². The topological polar surface area (TPSA) is 42.2 Å². The van der Waals surface area contributed by atoms with Crippen molar-refractivity contribution in [1.29, 1.82) is 0 Å². The highest BCUT2D eigenvalue weighted by atomic mass is 16.3. The number of hydrogen-bond acceptors (Lipinski definition) is 2. The summed E-state index contributed by atoms with van der Waals surface area (Å²) in [5.74, 6) is 0.337. The number of benzene rings is 1. The standard InChI is InChI=1S/C8H9NO/c10-7-3-1-6(2-4-7)8-5-9-8/h1-4,8-10H,5H2/t8-/m1/s1. The van der Waals surface area contributed by atoms with Crippen LogP contribution in [0.15, 0.2) is 24.3 Å². The molecule has 0 saturated carbocycles. The summed E-state index contributed by atoms with van der Waals surface area (Å²) in [5, 5.41) is 12.1. The van der Waals surface area contributed by atoms with E-state index in [1.165, 1.54) is 5.56 Å². The molecule has 0 spiro atoms. The van der Waals surface area contributed by atoms with Crippen molar-refractivity contribution in [2.24, 2.45) is 0 Å². The fourth-order valence-electron chi connectivity index (χ4n) is 1.00. The van der Waals surface area contributed by atoms with Crippen LogP contribution in [0.4, 0.5) is 0 Å². The van der Waals surface area contributed by atoms with Gasteiger partial charge in [0, 0.05) is 12.6 Å². The van der Waals surface area contributed by atoms with Gasteiger partial charge in [-0.25, -0.2) is 0 Å². The number of hydrogen-bond donors (Lipinski definition) is 2. The molecule has 0 unspecified atom stereocenters. The summed E-state index contributed by atoms with van der Waals surface area (Å²) >= 11 is 0. The second-order valence-corrected chi connectivity index (χ2v) is 2.55. The molecule has 1 saturated heterocycles. The van der Waals surface area contributed by atoms with E-state index in [0.717, 1.165) is 6.54 Å². The Hall–Kier alpha value is -1.02. The number of phenols is 1. The van der Waals surface area contributed by atoms with E-state index in [2.05, 4.69) is 5.32 Å². The normalized spacial score (nSPS) is 22.6. The minimum atomic E-state index is 0.337. The molecule has 1 aromatic rings. The predicted molar refractivity (Wildman–Crippen MR) is 38.9 cm³/mol. The molecule has 2 heteroatoms. The van der Waals surface area contributed by atoms with Crippen LogP contribution in [-0.4, -0.2) is 11.7 Å². The quantitative estimate of drug-likeness (QED) is 0.565. The van der Waals surface area contributed by atoms with Crippen molar-refractivity contribution in [2.75, 3.05) is 6.54 Å². The maximum absolute atomic E-state index is 8.94. The van der Waals surface area contributed by atoms with Crippen LogP contribution in [0.5, 0.6) is 5.75 Å². The smallest absolute Gasteiger partial charge is 0.115 e. The highest BCUT2D eigenvalue weighted by molar-refractivity contribution is 5.30. The second-order valence-electron chi connectivity index (χ2n) is 2.55. The van der Waals surface area contributed by atoms with Gasteiger partial charge in [0.05, 0.1) is 0 Å². The summed E-state index contributed by atoms with van der Waals surface area (Å²) in [4.78, 5) is 0. The summed E-state index contributed by atoms with van der Waals surface area (Å²) in [5.41, 5.74) is 1.26. The van der Waals surface area contributed by atoms with Crippen molar-refractivity contribution in [2.45, 2.75) is 6.04 Å². The van der Waals surface area contributed by atoms with Gasteiger partial charge >= 0.3 is 0 Å². The van der Waals surface area contributed by atoms with E-state index < -0.39 is 0 Å². The Labute approximate surface area is 59.5 Å². The van der Waals surface area contributed by atoms with Gasteiger partial charge in [0.2, 0.25) is 0 Å². The lowest BCUT2D eigenvalue weighted by Gasteiger charge is -1.94. The highest BCUT2D eigenvalue weighted by Crippen LogP contribution is 2.22. The number of rotatable bonds is 1. The van der Waals surface area contributed by atoms with Gasteiger partial charge in [-0.15, -0.1) is 0 Å². The molecule has 1 aromatic carbocycles. The zero-order chi connectivity index (χ0) is 6.97. The lowest BCUT2D eigenvalue weighted by Crippen LogP contribution is -1.81. The number of aromatic hydroxyl groups is 1. The van der Waals surface area contributed by atoms with Crippen LogP contribution >= 0.6 is 0 Å². The van der Waals surface area contributed by atoms with Crippen LogP contribution in [-0.2, 0) is 0 Å². The molecule has 0 bridgehead atoms. The predicted octanol–water partition coefficient (Wildman–Crippen LogP) is 1.04. The van der Waals surface area contributed by atoms with Crippen molar-refractivity contribution < 1.29 is 5.11 Å². The SMILES string of the molecule is Oc1ccc([C@H]2CN2)cc1. The Morgan fingerprint density at radius 3 is 2.40 bits per heavy atom. The molecule has 2 N–H and O–H groups in total. The summed E-state index contributed by atoms with van der Waals surface area (Å²) in [6.07, 6.45) is 0.